The summed E-state index contributed by atoms with van der Waals surface area (Å²) in [6.45, 7) is 11.3. The van der Waals surface area contributed by atoms with E-state index >= 15 is 0 Å². The van der Waals surface area contributed by atoms with Gasteiger partial charge in [-0.3, -0.25) is 9.88 Å². The molecule has 1 aromatic rings. The van der Waals surface area contributed by atoms with E-state index in [4.69, 9.17) is 0 Å². The zero-order valence-corrected chi connectivity index (χ0v) is 12.4. The van der Waals surface area contributed by atoms with E-state index in [9.17, 15) is 0 Å². The maximum Gasteiger partial charge on any atom is 0.0278 e. The monoisotopic (exact) mass is 262 g/mol. The Balaban J connectivity index is 1.77. The summed E-state index contributed by atoms with van der Waals surface area (Å²) in [5.74, 6) is 0. The average molecular weight is 262 g/mol. The summed E-state index contributed by atoms with van der Waals surface area (Å²) in [4.78, 5) is 9.03. The van der Waals surface area contributed by atoms with Gasteiger partial charge in [0.2, 0.25) is 0 Å². The van der Waals surface area contributed by atoms with Crippen molar-refractivity contribution in [3.8, 4) is 0 Å². The van der Waals surface area contributed by atoms with E-state index in [1.807, 2.05) is 12.4 Å². The highest BCUT2D eigenvalue weighted by molar-refractivity contribution is 5.09. The van der Waals surface area contributed by atoms with Gasteiger partial charge in [0.05, 0.1) is 0 Å². The number of piperazine rings is 1. The Morgan fingerprint density at radius 1 is 1.16 bits per heavy atom. The minimum absolute atomic E-state index is 0.217. The third-order valence-corrected chi connectivity index (χ3v) is 4.00. The minimum atomic E-state index is 0.217. The number of likely N-dealkylation sites (N-methyl/N-ethyl adjacent to an activating group) is 1. The quantitative estimate of drug-likeness (QED) is 0.864. The van der Waals surface area contributed by atoms with E-state index in [2.05, 4.69) is 53.1 Å². The van der Waals surface area contributed by atoms with Gasteiger partial charge in [-0.25, -0.2) is 0 Å². The van der Waals surface area contributed by atoms with Crippen molar-refractivity contribution in [2.75, 3.05) is 39.8 Å². The minimum Gasteiger partial charge on any atom is -0.311 e. The van der Waals surface area contributed by atoms with Crippen LogP contribution in [0.15, 0.2) is 24.5 Å². The van der Waals surface area contributed by atoms with Crippen LogP contribution >= 0.6 is 0 Å². The van der Waals surface area contributed by atoms with Gasteiger partial charge in [0.1, 0.15) is 0 Å². The molecule has 4 nitrogen and oxygen atoms in total. The molecular formula is C15H26N4. The standard InChI is InChI=1S/C15H26N4/c1-15(2,19-10-8-18(3)9-11-19)13-17-12-14-4-6-16-7-5-14/h4-7,17H,8-13H2,1-3H3. The van der Waals surface area contributed by atoms with Crippen molar-refractivity contribution < 1.29 is 0 Å². The summed E-state index contributed by atoms with van der Waals surface area (Å²) in [7, 11) is 2.20. The summed E-state index contributed by atoms with van der Waals surface area (Å²) in [5.41, 5.74) is 1.51. The number of nitrogens with zero attached hydrogens (tertiary/aromatic N) is 3. The largest absolute Gasteiger partial charge is 0.311 e. The van der Waals surface area contributed by atoms with Crippen LogP contribution < -0.4 is 5.32 Å². The van der Waals surface area contributed by atoms with Gasteiger partial charge in [-0.05, 0) is 38.6 Å². The molecule has 4 heteroatoms. The van der Waals surface area contributed by atoms with Crippen LogP contribution in [0.3, 0.4) is 0 Å². The Kier molecular flexibility index (Phi) is 4.91. The lowest BCUT2D eigenvalue weighted by atomic mass is 10.0. The second-order valence-electron chi connectivity index (χ2n) is 6.06. The zero-order valence-electron chi connectivity index (χ0n) is 12.4. The smallest absolute Gasteiger partial charge is 0.0278 e. The lowest BCUT2D eigenvalue weighted by Crippen LogP contribution is -2.57. The van der Waals surface area contributed by atoms with E-state index in [1.54, 1.807) is 0 Å². The first-order valence-corrected chi connectivity index (χ1v) is 7.11. The molecule has 2 heterocycles. The number of nitrogens with one attached hydrogen (secondary N) is 1. The van der Waals surface area contributed by atoms with E-state index in [1.165, 1.54) is 31.7 Å². The summed E-state index contributed by atoms with van der Waals surface area (Å²) < 4.78 is 0. The molecule has 2 rings (SSSR count). The topological polar surface area (TPSA) is 31.4 Å². The second-order valence-corrected chi connectivity index (χ2v) is 6.06. The SMILES string of the molecule is CN1CCN(C(C)(C)CNCc2ccncc2)CC1. The van der Waals surface area contributed by atoms with Crippen molar-refractivity contribution in [1.82, 2.24) is 20.1 Å². The van der Waals surface area contributed by atoms with Gasteiger partial charge >= 0.3 is 0 Å². The normalized spacial score (nSPS) is 18.7. The Hall–Kier alpha value is -0.970. The molecule has 0 spiro atoms. The van der Waals surface area contributed by atoms with Crippen molar-refractivity contribution in [3.05, 3.63) is 30.1 Å². The number of aromatic nitrogens is 1. The molecule has 0 radical (unpaired) electrons. The molecule has 0 amide bonds. The van der Waals surface area contributed by atoms with E-state index < -0.39 is 0 Å². The molecule has 1 N–H and O–H groups in total. The number of pyridine rings is 1. The highest BCUT2D eigenvalue weighted by Crippen LogP contribution is 2.15. The van der Waals surface area contributed by atoms with Gasteiger partial charge in [0.25, 0.3) is 0 Å². The zero-order chi connectivity index (χ0) is 13.7. The fraction of sp³-hybridized carbons (Fsp3) is 0.667. The maximum atomic E-state index is 4.04. The molecule has 1 saturated heterocycles. The molecule has 19 heavy (non-hydrogen) atoms. The number of hydrogen-bond acceptors (Lipinski definition) is 4. The van der Waals surface area contributed by atoms with Crippen LogP contribution in [0.25, 0.3) is 0 Å². The van der Waals surface area contributed by atoms with Crippen molar-refractivity contribution in [2.45, 2.75) is 25.9 Å². The fourth-order valence-electron chi connectivity index (χ4n) is 2.54. The molecule has 0 atom stereocenters. The summed E-state index contributed by atoms with van der Waals surface area (Å²) in [6.07, 6.45) is 3.70. The second kappa shape index (κ2) is 6.46. The molecule has 1 aliphatic rings. The molecule has 0 bridgehead atoms. The number of rotatable bonds is 5. The van der Waals surface area contributed by atoms with Crippen LogP contribution in [0.4, 0.5) is 0 Å². The molecule has 1 aliphatic heterocycles. The molecule has 106 valence electrons. The molecule has 0 aliphatic carbocycles. The first-order chi connectivity index (χ1) is 9.08. The summed E-state index contributed by atoms with van der Waals surface area (Å²) in [6, 6.07) is 4.13. The van der Waals surface area contributed by atoms with Crippen LogP contribution in [0.5, 0.6) is 0 Å². The van der Waals surface area contributed by atoms with Crippen LogP contribution in [0, 0.1) is 0 Å². The van der Waals surface area contributed by atoms with Crippen molar-refractivity contribution in [3.63, 3.8) is 0 Å². The summed E-state index contributed by atoms with van der Waals surface area (Å²) >= 11 is 0. The lowest BCUT2D eigenvalue weighted by Gasteiger charge is -2.43. The van der Waals surface area contributed by atoms with Crippen molar-refractivity contribution >= 4 is 0 Å². The fourth-order valence-corrected chi connectivity index (χ4v) is 2.54. The van der Waals surface area contributed by atoms with Crippen molar-refractivity contribution in [2.24, 2.45) is 0 Å². The number of hydrogen-bond donors (Lipinski definition) is 1. The first-order valence-electron chi connectivity index (χ1n) is 7.11. The van der Waals surface area contributed by atoms with Crippen LogP contribution in [0.1, 0.15) is 19.4 Å². The van der Waals surface area contributed by atoms with E-state index in [0.29, 0.717) is 0 Å². The maximum absolute atomic E-state index is 4.04. The third-order valence-electron chi connectivity index (χ3n) is 4.00. The van der Waals surface area contributed by atoms with Gasteiger partial charge in [0.15, 0.2) is 0 Å². The Morgan fingerprint density at radius 3 is 2.42 bits per heavy atom. The van der Waals surface area contributed by atoms with Gasteiger partial charge in [-0.15, -0.1) is 0 Å². The molecule has 1 aromatic heterocycles. The lowest BCUT2D eigenvalue weighted by molar-refractivity contribution is 0.0618. The van der Waals surface area contributed by atoms with Gasteiger partial charge < -0.3 is 10.2 Å². The van der Waals surface area contributed by atoms with E-state index in [0.717, 1.165) is 13.1 Å². The molecule has 1 fully saturated rings. The highest BCUT2D eigenvalue weighted by Gasteiger charge is 2.28. The average Bonchev–Trinajstić information content (AvgIpc) is 2.40. The molecule has 0 saturated carbocycles. The van der Waals surface area contributed by atoms with Crippen molar-refractivity contribution in [1.29, 1.82) is 0 Å². The first kappa shape index (κ1) is 14.4. The third kappa shape index (κ3) is 4.27. The predicted molar refractivity (Wildman–Crippen MR) is 79.1 cm³/mol. The highest BCUT2D eigenvalue weighted by atomic mass is 15.3. The Labute approximate surface area is 116 Å². The van der Waals surface area contributed by atoms with Gasteiger partial charge in [-0.1, -0.05) is 0 Å². The van der Waals surface area contributed by atoms with E-state index in [-0.39, 0.29) is 5.54 Å². The van der Waals surface area contributed by atoms with Crippen LogP contribution in [-0.4, -0.2) is 60.1 Å². The molecule has 0 unspecified atom stereocenters. The van der Waals surface area contributed by atoms with Gasteiger partial charge in [-0.2, -0.15) is 0 Å². The molecular weight excluding hydrogens is 236 g/mol. The van der Waals surface area contributed by atoms with Crippen LogP contribution in [0.2, 0.25) is 0 Å². The van der Waals surface area contributed by atoms with Crippen LogP contribution in [-0.2, 0) is 6.54 Å². The van der Waals surface area contributed by atoms with Gasteiger partial charge in [0, 0.05) is 57.2 Å². The molecule has 0 aromatic carbocycles. The Bertz CT molecular complexity index is 369. The Morgan fingerprint density at radius 2 is 1.79 bits per heavy atom. The summed E-state index contributed by atoms with van der Waals surface area (Å²) in [5, 5.41) is 3.57. The predicted octanol–water partition coefficient (Wildman–Crippen LogP) is 1.20.